The molecule has 77 valence electrons. The molecule has 1 aromatic heterocycles. The molecule has 3 heteroatoms. The maximum absolute atomic E-state index is 9.84. The Kier molecular flexibility index (Phi) is 2.86. The fraction of sp³-hybridized carbons (Fsp3) is 0.0833. The molecule has 0 aliphatic carbocycles. The number of rotatable bonds is 3. The van der Waals surface area contributed by atoms with Crippen molar-refractivity contribution in [2.24, 2.45) is 0 Å². The smallest absolute Gasteiger partial charge is 0.207 e. The molecule has 0 aliphatic heterocycles. The van der Waals surface area contributed by atoms with Gasteiger partial charge in [-0.2, -0.15) is 0 Å². The topological polar surface area (TPSA) is 40.5 Å². The summed E-state index contributed by atoms with van der Waals surface area (Å²) in [6.07, 6.45) is 1.43. The summed E-state index contributed by atoms with van der Waals surface area (Å²) >= 11 is 1.32. The van der Waals surface area contributed by atoms with Crippen LogP contribution in [0.25, 0.3) is 0 Å². The number of benzene rings is 1. The molecule has 0 saturated carbocycles. The van der Waals surface area contributed by atoms with Gasteiger partial charge in [-0.15, -0.1) is 11.3 Å². The largest absolute Gasteiger partial charge is 0.361 e. The van der Waals surface area contributed by atoms with Gasteiger partial charge in [0.1, 0.15) is 0 Å². The van der Waals surface area contributed by atoms with Crippen molar-refractivity contribution < 1.29 is 10.2 Å². The molecule has 1 aromatic carbocycles. The zero-order valence-electron chi connectivity index (χ0n) is 8.00. The molecule has 0 unspecified atom stereocenters. The highest BCUT2D eigenvalue weighted by atomic mass is 32.1. The quantitative estimate of drug-likeness (QED) is 0.776. The van der Waals surface area contributed by atoms with Crippen molar-refractivity contribution in [1.82, 2.24) is 0 Å². The van der Waals surface area contributed by atoms with Crippen LogP contribution < -0.4 is 0 Å². The first-order valence-electron chi connectivity index (χ1n) is 4.58. The van der Waals surface area contributed by atoms with E-state index in [0.29, 0.717) is 4.88 Å². The normalized spacial score (nSPS) is 11.6. The second kappa shape index (κ2) is 4.14. The zero-order chi connectivity index (χ0) is 10.7. The first-order chi connectivity index (χ1) is 7.18. The van der Waals surface area contributed by atoms with Crippen molar-refractivity contribution >= 4 is 11.3 Å². The SMILES string of the molecule is OC(O)([CH]c1ccccc1)c1cccs1. The van der Waals surface area contributed by atoms with E-state index in [1.54, 1.807) is 12.1 Å². The molecule has 0 fully saturated rings. The molecule has 0 saturated heterocycles. The van der Waals surface area contributed by atoms with Crippen LogP contribution in [0.1, 0.15) is 10.4 Å². The lowest BCUT2D eigenvalue weighted by atomic mass is 10.0. The predicted molar refractivity (Wildman–Crippen MR) is 60.3 cm³/mol. The predicted octanol–water partition coefficient (Wildman–Crippen LogP) is 2.14. The highest BCUT2D eigenvalue weighted by Crippen LogP contribution is 2.28. The van der Waals surface area contributed by atoms with Gasteiger partial charge in [0.2, 0.25) is 5.79 Å². The molecule has 2 rings (SSSR count). The Morgan fingerprint density at radius 2 is 1.73 bits per heavy atom. The fourth-order valence-corrected chi connectivity index (χ4v) is 2.03. The van der Waals surface area contributed by atoms with Gasteiger partial charge in [0.25, 0.3) is 0 Å². The summed E-state index contributed by atoms with van der Waals surface area (Å²) in [6.45, 7) is 0. The number of thiophene rings is 1. The molecular formula is C12H11O2S. The van der Waals surface area contributed by atoms with E-state index in [-0.39, 0.29) is 0 Å². The van der Waals surface area contributed by atoms with E-state index in [2.05, 4.69) is 0 Å². The van der Waals surface area contributed by atoms with E-state index in [0.717, 1.165) is 5.56 Å². The minimum atomic E-state index is -1.88. The average Bonchev–Trinajstić information content (AvgIpc) is 2.71. The van der Waals surface area contributed by atoms with Gasteiger partial charge in [0.05, 0.1) is 11.3 Å². The maximum Gasteiger partial charge on any atom is 0.207 e. The van der Waals surface area contributed by atoms with Crippen LogP contribution in [-0.2, 0) is 5.79 Å². The Morgan fingerprint density at radius 1 is 1.00 bits per heavy atom. The average molecular weight is 219 g/mol. The summed E-state index contributed by atoms with van der Waals surface area (Å²) in [7, 11) is 0. The Balaban J connectivity index is 2.18. The third-order valence-electron chi connectivity index (χ3n) is 2.05. The molecular weight excluding hydrogens is 208 g/mol. The summed E-state index contributed by atoms with van der Waals surface area (Å²) in [4.78, 5) is 0.520. The summed E-state index contributed by atoms with van der Waals surface area (Å²) in [5.74, 6) is -1.88. The van der Waals surface area contributed by atoms with Crippen molar-refractivity contribution in [2.75, 3.05) is 0 Å². The van der Waals surface area contributed by atoms with E-state index in [9.17, 15) is 10.2 Å². The highest BCUT2D eigenvalue weighted by Gasteiger charge is 2.27. The second-order valence-corrected chi connectivity index (χ2v) is 4.21. The van der Waals surface area contributed by atoms with Gasteiger partial charge in [-0.1, -0.05) is 36.4 Å². The summed E-state index contributed by atoms with van der Waals surface area (Å²) in [5.41, 5.74) is 0.788. The van der Waals surface area contributed by atoms with E-state index in [1.165, 1.54) is 17.8 Å². The molecule has 2 aromatic rings. The van der Waals surface area contributed by atoms with Crippen molar-refractivity contribution in [3.05, 3.63) is 64.7 Å². The highest BCUT2D eigenvalue weighted by molar-refractivity contribution is 7.10. The van der Waals surface area contributed by atoms with E-state index in [1.807, 2.05) is 35.7 Å². The van der Waals surface area contributed by atoms with Crippen LogP contribution in [0.2, 0.25) is 0 Å². The fourth-order valence-electron chi connectivity index (χ4n) is 1.34. The lowest BCUT2D eigenvalue weighted by molar-refractivity contribution is -0.134. The minimum absolute atomic E-state index is 0.520. The first kappa shape index (κ1) is 10.4. The Hall–Kier alpha value is -1.16. The lowest BCUT2D eigenvalue weighted by Gasteiger charge is -2.19. The van der Waals surface area contributed by atoms with Gasteiger partial charge in [-0.3, -0.25) is 0 Å². The van der Waals surface area contributed by atoms with Crippen LogP contribution in [-0.4, -0.2) is 10.2 Å². The maximum atomic E-state index is 9.84. The van der Waals surface area contributed by atoms with Crippen LogP contribution in [0.4, 0.5) is 0 Å². The molecule has 2 N–H and O–H groups in total. The van der Waals surface area contributed by atoms with Gasteiger partial charge < -0.3 is 10.2 Å². The summed E-state index contributed by atoms with van der Waals surface area (Å²) in [6, 6.07) is 12.7. The molecule has 0 spiro atoms. The number of hydrogen-bond donors (Lipinski definition) is 2. The van der Waals surface area contributed by atoms with Gasteiger partial charge in [-0.25, -0.2) is 0 Å². The molecule has 2 nitrogen and oxygen atoms in total. The third-order valence-corrected chi connectivity index (χ3v) is 3.03. The van der Waals surface area contributed by atoms with Crippen molar-refractivity contribution in [3.8, 4) is 0 Å². The molecule has 1 heterocycles. The monoisotopic (exact) mass is 219 g/mol. The lowest BCUT2D eigenvalue weighted by Crippen LogP contribution is -2.24. The molecule has 0 atom stereocenters. The van der Waals surface area contributed by atoms with Crippen LogP contribution in [0.15, 0.2) is 47.8 Å². The van der Waals surface area contributed by atoms with E-state index < -0.39 is 5.79 Å². The summed E-state index contributed by atoms with van der Waals surface area (Å²) < 4.78 is 0. The number of hydrogen-bond acceptors (Lipinski definition) is 3. The van der Waals surface area contributed by atoms with Crippen LogP contribution in [0, 0.1) is 6.42 Å². The molecule has 1 radical (unpaired) electrons. The van der Waals surface area contributed by atoms with Gasteiger partial charge >= 0.3 is 0 Å². The summed E-state index contributed by atoms with van der Waals surface area (Å²) in [5, 5.41) is 21.5. The Morgan fingerprint density at radius 3 is 2.33 bits per heavy atom. The molecule has 15 heavy (non-hydrogen) atoms. The zero-order valence-corrected chi connectivity index (χ0v) is 8.82. The molecule has 0 bridgehead atoms. The van der Waals surface area contributed by atoms with Crippen LogP contribution in [0.3, 0.4) is 0 Å². The van der Waals surface area contributed by atoms with E-state index in [4.69, 9.17) is 0 Å². The van der Waals surface area contributed by atoms with E-state index >= 15 is 0 Å². The third kappa shape index (κ3) is 2.45. The Labute approximate surface area is 92.4 Å². The Bertz CT molecular complexity index is 406. The van der Waals surface area contributed by atoms with Gasteiger partial charge in [0, 0.05) is 0 Å². The van der Waals surface area contributed by atoms with Gasteiger partial charge in [0.15, 0.2) is 0 Å². The van der Waals surface area contributed by atoms with Gasteiger partial charge in [-0.05, 0) is 17.0 Å². The van der Waals surface area contributed by atoms with Crippen LogP contribution in [0.5, 0.6) is 0 Å². The van der Waals surface area contributed by atoms with Crippen molar-refractivity contribution in [3.63, 3.8) is 0 Å². The minimum Gasteiger partial charge on any atom is -0.361 e. The molecule has 0 amide bonds. The number of aliphatic hydroxyl groups is 2. The second-order valence-electron chi connectivity index (χ2n) is 3.26. The van der Waals surface area contributed by atoms with Crippen molar-refractivity contribution in [2.45, 2.75) is 5.79 Å². The first-order valence-corrected chi connectivity index (χ1v) is 5.46. The van der Waals surface area contributed by atoms with Crippen molar-refractivity contribution in [1.29, 1.82) is 0 Å². The standard InChI is InChI=1S/C12H11O2S/c13-12(14,11-7-4-8-15-11)9-10-5-2-1-3-6-10/h1-9,13-14H. The van der Waals surface area contributed by atoms with Crippen LogP contribution >= 0.6 is 11.3 Å². The molecule has 0 aliphatic rings.